The van der Waals surface area contributed by atoms with Crippen LogP contribution in [0, 0.1) is 13.8 Å². The Morgan fingerprint density at radius 2 is 0.545 bits per heavy atom. The minimum absolute atomic E-state index is 0.0376. The fourth-order valence-corrected chi connectivity index (χ4v) is 18.4. The van der Waals surface area contributed by atoms with E-state index in [0.717, 1.165) is 112 Å². The van der Waals surface area contributed by atoms with Crippen LogP contribution in [0.2, 0.25) is 0 Å². The Morgan fingerprint density at radius 3 is 0.875 bits per heavy atom. The van der Waals surface area contributed by atoms with Gasteiger partial charge in [-0.15, -0.1) is 0 Å². The number of fused-ring (bicyclic) bond motifs is 4. The first-order chi connectivity index (χ1) is 54.6. The maximum atomic E-state index is 2.47. The molecule has 0 aliphatic heterocycles. The molecule has 0 fully saturated rings. The summed E-state index contributed by atoms with van der Waals surface area (Å²) in [4.78, 5) is 9.65. The van der Waals surface area contributed by atoms with E-state index in [0.29, 0.717) is 0 Å². The van der Waals surface area contributed by atoms with E-state index in [9.17, 15) is 0 Å². The zero-order valence-corrected chi connectivity index (χ0v) is 65.7. The van der Waals surface area contributed by atoms with Crippen molar-refractivity contribution in [2.75, 3.05) is 19.6 Å². The van der Waals surface area contributed by atoms with Crippen molar-refractivity contribution in [1.29, 1.82) is 0 Å². The van der Waals surface area contributed by atoms with Crippen LogP contribution < -0.4 is 19.6 Å². The lowest BCUT2D eigenvalue weighted by Crippen LogP contribution is -2.30. The van der Waals surface area contributed by atoms with Gasteiger partial charge in [0.15, 0.2) is 0 Å². The number of para-hydroxylation sites is 1. The van der Waals surface area contributed by atoms with Gasteiger partial charge in [-0.05, 0) is 292 Å². The fourth-order valence-electron chi connectivity index (χ4n) is 18.4. The number of benzene rings is 13. The molecule has 0 aromatic heterocycles. The third kappa shape index (κ3) is 12.7. The van der Waals surface area contributed by atoms with Crippen molar-refractivity contribution in [3.63, 3.8) is 0 Å². The molecule has 0 N–H and O–H groups in total. The molecule has 0 saturated heterocycles. The van der Waals surface area contributed by atoms with Gasteiger partial charge in [-0.3, -0.25) is 0 Å². The molecule has 4 nitrogen and oxygen atoms in total. The Bertz CT molecular complexity index is 5780. The average Bonchev–Trinajstić information content (AvgIpc) is 1.55. The highest BCUT2D eigenvalue weighted by Gasteiger charge is 2.49. The minimum atomic E-state index is -0.599. The van der Waals surface area contributed by atoms with Gasteiger partial charge in [-0.2, -0.15) is 0 Å². The van der Waals surface area contributed by atoms with Crippen LogP contribution >= 0.6 is 0 Å². The van der Waals surface area contributed by atoms with E-state index in [2.05, 4.69) is 439 Å². The van der Waals surface area contributed by atoms with Crippen molar-refractivity contribution in [2.45, 2.75) is 116 Å². The second-order valence-electron chi connectivity index (χ2n) is 33.1. The molecule has 0 amide bonds. The number of nitrogens with zero attached hydrogens (tertiary/aromatic N) is 4. The zero-order valence-electron chi connectivity index (χ0n) is 65.7. The highest BCUT2D eigenvalue weighted by molar-refractivity contribution is 5.92. The Morgan fingerprint density at radius 1 is 0.259 bits per heavy atom. The first-order valence-electron chi connectivity index (χ1n) is 40.2. The lowest BCUT2D eigenvalue weighted by molar-refractivity contribution is 0.590. The van der Waals surface area contributed by atoms with E-state index in [-0.39, 0.29) is 10.8 Å². The average molecular weight is 1450 g/mol. The van der Waals surface area contributed by atoms with E-state index in [1.165, 1.54) is 94.8 Å². The number of aryl methyl sites for hydroxylation is 2. The lowest BCUT2D eigenvalue weighted by atomic mass is 9.66. The summed E-state index contributed by atoms with van der Waals surface area (Å²) in [5, 5.41) is 0. The van der Waals surface area contributed by atoms with Crippen molar-refractivity contribution < 1.29 is 0 Å². The van der Waals surface area contributed by atoms with Crippen LogP contribution in [0.15, 0.2) is 381 Å². The van der Waals surface area contributed by atoms with Crippen molar-refractivity contribution in [3.05, 3.63) is 448 Å². The van der Waals surface area contributed by atoms with Gasteiger partial charge in [0.2, 0.25) is 0 Å². The number of hydrogen-bond donors (Lipinski definition) is 0. The summed E-state index contributed by atoms with van der Waals surface area (Å²) in [6.45, 7) is 18.0. The van der Waals surface area contributed by atoms with Crippen molar-refractivity contribution in [3.8, 4) is 11.1 Å². The standard InChI is InChI=1S/C108H96N4/c1-75-35-55-87(56-36-75)111(88-57-37-76(2)38-58-88)89-59-39-77(40-60-89)78-41-61-90(62-42-78)112(95-71-51-83(52-72-95)107(101-31-19-15-27-97(101)98-28-16-20-32-102(98)107)81-47-67-93(68-48-81)109(85-23-11-9-12-24-85)91-63-43-79(44-64-91)105(3,4)5)96-73-53-84(54-74-96)108(103-33-21-17-29-99(103)100-30-18-22-34-104(100)108)82-49-69-94(70-50-82)110(86-25-13-10-14-26-86)92-65-45-80(46-66-92)106(6,7)8/h9,11-13,15,17,19-27,29,31-74H,10,14,16,18,28,30H2,1-8H3. The van der Waals surface area contributed by atoms with Gasteiger partial charge in [0, 0.05) is 68.3 Å². The summed E-state index contributed by atoms with van der Waals surface area (Å²) in [5.41, 5.74) is 35.6. The number of allylic oxidation sites excluding steroid dienone is 11. The third-order valence-electron chi connectivity index (χ3n) is 24.1. The molecule has 112 heavy (non-hydrogen) atoms. The highest BCUT2D eigenvalue weighted by Crippen LogP contribution is 2.60. The Labute approximate surface area is 663 Å². The molecule has 13 aromatic rings. The quantitative estimate of drug-likeness (QED) is 0.0901. The molecule has 0 radical (unpaired) electrons. The fraction of sp³-hybridized carbons (Fsp3) is 0.167. The Balaban J connectivity index is 0.761. The molecule has 5 aliphatic carbocycles. The number of rotatable bonds is 17. The van der Waals surface area contributed by atoms with Crippen molar-refractivity contribution in [1.82, 2.24) is 0 Å². The Hall–Kier alpha value is -12.5. The molecule has 4 heteroatoms. The van der Waals surface area contributed by atoms with Crippen molar-refractivity contribution in [2.24, 2.45) is 0 Å². The van der Waals surface area contributed by atoms with Crippen molar-refractivity contribution >= 4 is 73.7 Å². The van der Waals surface area contributed by atoms with Crippen LogP contribution in [0.5, 0.6) is 0 Å². The van der Waals surface area contributed by atoms with Crippen LogP contribution in [0.4, 0.5) is 62.6 Å². The summed E-state index contributed by atoms with van der Waals surface area (Å²) >= 11 is 0. The number of hydrogen-bond acceptors (Lipinski definition) is 4. The molecule has 2 unspecified atom stereocenters. The lowest BCUT2D eigenvalue weighted by Gasteiger charge is -2.37. The van der Waals surface area contributed by atoms with E-state index in [4.69, 9.17) is 0 Å². The minimum Gasteiger partial charge on any atom is -0.311 e. The van der Waals surface area contributed by atoms with Crippen LogP contribution in [0.3, 0.4) is 0 Å². The predicted molar refractivity (Wildman–Crippen MR) is 474 cm³/mol. The van der Waals surface area contributed by atoms with Crippen LogP contribution in [-0.4, -0.2) is 0 Å². The predicted octanol–water partition coefficient (Wildman–Crippen LogP) is 29.3. The largest absolute Gasteiger partial charge is 0.311 e. The zero-order chi connectivity index (χ0) is 76.3. The molecule has 13 aromatic carbocycles. The highest BCUT2D eigenvalue weighted by atomic mass is 15.2. The molecule has 0 heterocycles. The molecule has 0 spiro atoms. The maximum Gasteiger partial charge on any atom is 0.0710 e. The summed E-state index contributed by atoms with van der Waals surface area (Å²) < 4.78 is 0. The molecule has 18 rings (SSSR count). The molecular weight excluding hydrogens is 1350 g/mol. The van der Waals surface area contributed by atoms with E-state index in [1.807, 2.05) is 0 Å². The van der Waals surface area contributed by atoms with E-state index < -0.39 is 10.8 Å². The van der Waals surface area contributed by atoms with Crippen LogP contribution in [0.25, 0.3) is 22.3 Å². The third-order valence-corrected chi connectivity index (χ3v) is 24.1. The second kappa shape index (κ2) is 29.1. The maximum absolute atomic E-state index is 2.47. The smallest absolute Gasteiger partial charge is 0.0710 e. The molecule has 0 saturated carbocycles. The number of anilines is 11. The van der Waals surface area contributed by atoms with Gasteiger partial charge in [-0.25, -0.2) is 0 Å². The van der Waals surface area contributed by atoms with Gasteiger partial charge in [0.25, 0.3) is 0 Å². The van der Waals surface area contributed by atoms with Crippen LogP contribution in [0.1, 0.15) is 147 Å². The van der Waals surface area contributed by atoms with Gasteiger partial charge in [0.05, 0.1) is 10.8 Å². The molecule has 548 valence electrons. The van der Waals surface area contributed by atoms with Gasteiger partial charge < -0.3 is 19.6 Å². The van der Waals surface area contributed by atoms with E-state index in [1.54, 1.807) is 0 Å². The Kier molecular flexibility index (Phi) is 18.5. The van der Waals surface area contributed by atoms with Gasteiger partial charge in [0.1, 0.15) is 0 Å². The van der Waals surface area contributed by atoms with Crippen LogP contribution in [-0.2, 0) is 21.7 Å². The molecule has 5 aliphatic rings. The summed E-state index contributed by atoms with van der Waals surface area (Å²) in [7, 11) is 0. The first-order valence-corrected chi connectivity index (χ1v) is 40.2. The first kappa shape index (κ1) is 71.1. The second-order valence-corrected chi connectivity index (χ2v) is 33.1. The summed E-state index contributed by atoms with van der Waals surface area (Å²) in [6, 6.07) is 122. The molecule has 0 bridgehead atoms. The summed E-state index contributed by atoms with van der Waals surface area (Å²) in [5.74, 6) is 0. The SMILES string of the molecule is Cc1ccc(N(c2ccc(C)cc2)c2ccc(-c3ccc(N(c4ccc(C5(c6ccc(N(C7=CCCC=C7)c7ccc(C(C)(C)C)cc7)cc6)C6=C(CCC=C6)c6ccccc65)cc4)c4ccc(C5(c6ccc(N(c7ccccc7)c7ccc(C(C)(C)C)cc7)cc6)C6=C(CCC=C6)c6ccccc65)cc4)cc3)cc2)cc1. The normalized spacial score (nSPS) is 16.8. The van der Waals surface area contributed by atoms with Gasteiger partial charge in [-0.1, -0.05) is 277 Å². The molecular formula is C108H96N4. The monoisotopic (exact) mass is 1450 g/mol. The topological polar surface area (TPSA) is 13.0 Å². The van der Waals surface area contributed by atoms with Gasteiger partial charge >= 0.3 is 0 Å². The molecule has 2 atom stereocenters. The van der Waals surface area contributed by atoms with E-state index >= 15 is 0 Å². The summed E-state index contributed by atoms with van der Waals surface area (Å²) in [6.07, 6.45) is 22.8.